The summed E-state index contributed by atoms with van der Waals surface area (Å²) in [6.45, 7) is 2.03. The Morgan fingerprint density at radius 2 is 2.35 bits per heavy atom. The third-order valence-corrected chi connectivity index (χ3v) is 3.47. The van der Waals surface area contributed by atoms with Crippen molar-refractivity contribution in [1.29, 1.82) is 0 Å². The van der Waals surface area contributed by atoms with Gasteiger partial charge in [0.25, 0.3) is 5.56 Å². The van der Waals surface area contributed by atoms with Gasteiger partial charge in [0.15, 0.2) is 0 Å². The lowest BCUT2D eigenvalue weighted by molar-refractivity contribution is 0.238. The summed E-state index contributed by atoms with van der Waals surface area (Å²) in [6.07, 6.45) is 4.55. The van der Waals surface area contributed by atoms with Gasteiger partial charge >= 0.3 is 0 Å². The number of nitrogens with one attached hydrogen (secondary N) is 2. The Morgan fingerprint density at radius 3 is 3.12 bits per heavy atom. The highest BCUT2D eigenvalue weighted by molar-refractivity contribution is 5.92. The van der Waals surface area contributed by atoms with Crippen LogP contribution in [-0.2, 0) is 0 Å². The van der Waals surface area contributed by atoms with E-state index >= 15 is 0 Å². The predicted molar refractivity (Wildman–Crippen MR) is 66.3 cm³/mol. The lowest BCUT2D eigenvalue weighted by Crippen LogP contribution is -2.20. The Morgan fingerprint density at radius 1 is 1.47 bits per heavy atom. The van der Waals surface area contributed by atoms with E-state index in [9.17, 15) is 4.79 Å². The molecule has 2 aromatic rings. The van der Waals surface area contributed by atoms with E-state index in [1.165, 1.54) is 0 Å². The van der Waals surface area contributed by atoms with E-state index in [0.29, 0.717) is 11.4 Å². The van der Waals surface area contributed by atoms with Crippen LogP contribution in [0.4, 0.5) is 5.69 Å². The highest BCUT2D eigenvalue weighted by atomic mass is 16.3. The van der Waals surface area contributed by atoms with E-state index < -0.39 is 0 Å². The number of H-pyrrole nitrogens is 2. The number of anilines is 1. The van der Waals surface area contributed by atoms with Gasteiger partial charge in [-0.25, -0.2) is 0 Å². The van der Waals surface area contributed by atoms with Crippen molar-refractivity contribution in [3.63, 3.8) is 0 Å². The molecule has 1 aliphatic rings. The molecular formula is C12H15N3O2. The first kappa shape index (κ1) is 10.4. The summed E-state index contributed by atoms with van der Waals surface area (Å²) in [4.78, 5) is 19.5. The van der Waals surface area contributed by atoms with Crippen molar-refractivity contribution in [3.8, 4) is 0 Å². The lowest BCUT2D eigenvalue weighted by atomic mass is 10.1. The predicted octanol–water partition coefficient (Wildman–Crippen LogP) is 0.675. The Hall–Kier alpha value is -1.75. The van der Waals surface area contributed by atoms with Crippen molar-refractivity contribution in [2.75, 3.05) is 24.6 Å². The van der Waals surface area contributed by atoms with Gasteiger partial charge in [-0.05, 0) is 12.5 Å². The van der Waals surface area contributed by atoms with Crippen LogP contribution in [0, 0.1) is 5.92 Å². The van der Waals surface area contributed by atoms with Crippen molar-refractivity contribution in [3.05, 3.63) is 28.8 Å². The molecule has 1 atom stereocenters. The molecule has 3 rings (SSSR count). The average molecular weight is 233 g/mol. The average Bonchev–Trinajstić information content (AvgIpc) is 2.94. The molecule has 0 amide bonds. The smallest absolute Gasteiger partial charge is 0.272 e. The largest absolute Gasteiger partial charge is 0.396 e. The van der Waals surface area contributed by atoms with Gasteiger partial charge in [-0.2, -0.15) is 0 Å². The zero-order valence-electron chi connectivity index (χ0n) is 9.44. The SMILES string of the molecule is O=c1[nH]ccc2c(N3CC[C@@H](CO)C3)c[nH]c12. The van der Waals surface area contributed by atoms with Crippen LogP contribution in [0.25, 0.3) is 10.9 Å². The van der Waals surface area contributed by atoms with Gasteiger partial charge in [0.2, 0.25) is 0 Å². The molecule has 90 valence electrons. The standard InChI is InChI=1S/C12H15N3O2/c16-7-8-2-4-15(6-8)10-5-14-11-9(10)1-3-13-12(11)17/h1,3,5,8,14,16H,2,4,6-7H2,(H,13,17)/t8-/m1/s1. The second-order valence-electron chi connectivity index (χ2n) is 4.55. The van der Waals surface area contributed by atoms with Crippen molar-refractivity contribution < 1.29 is 5.11 Å². The van der Waals surface area contributed by atoms with E-state index in [1.807, 2.05) is 12.3 Å². The van der Waals surface area contributed by atoms with Crippen LogP contribution in [0.3, 0.4) is 0 Å². The number of fused-ring (bicyclic) bond motifs is 1. The van der Waals surface area contributed by atoms with Gasteiger partial charge in [-0.1, -0.05) is 0 Å². The first-order valence-corrected chi connectivity index (χ1v) is 5.84. The van der Waals surface area contributed by atoms with Crippen LogP contribution in [-0.4, -0.2) is 34.8 Å². The van der Waals surface area contributed by atoms with E-state index in [4.69, 9.17) is 5.11 Å². The van der Waals surface area contributed by atoms with Crippen LogP contribution in [0.1, 0.15) is 6.42 Å². The molecular weight excluding hydrogens is 218 g/mol. The van der Waals surface area contributed by atoms with Crippen molar-refractivity contribution in [2.24, 2.45) is 5.92 Å². The number of aromatic amines is 2. The maximum absolute atomic E-state index is 11.6. The van der Waals surface area contributed by atoms with Gasteiger partial charge in [-0.15, -0.1) is 0 Å². The summed E-state index contributed by atoms with van der Waals surface area (Å²) in [5.41, 5.74) is 1.59. The number of nitrogens with zero attached hydrogens (tertiary/aromatic N) is 1. The second-order valence-corrected chi connectivity index (χ2v) is 4.55. The molecule has 3 heterocycles. The summed E-state index contributed by atoms with van der Waals surface area (Å²) in [5.74, 6) is 0.349. The summed E-state index contributed by atoms with van der Waals surface area (Å²) in [6, 6.07) is 1.91. The molecule has 1 fully saturated rings. The molecule has 5 heteroatoms. The summed E-state index contributed by atoms with van der Waals surface area (Å²) >= 11 is 0. The number of aromatic nitrogens is 2. The molecule has 1 aliphatic heterocycles. The fourth-order valence-electron chi connectivity index (χ4n) is 2.52. The quantitative estimate of drug-likeness (QED) is 0.714. The Bertz CT molecular complexity index is 587. The molecule has 0 spiro atoms. The molecule has 0 radical (unpaired) electrons. The molecule has 0 bridgehead atoms. The Balaban J connectivity index is 2.02. The number of rotatable bonds is 2. The fraction of sp³-hybridized carbons (Fsp3) is 0.417. The maximum atomic E-state index is 11.6. The number of hydrogen-bond acceptors (Lipinski definition) is 3. The van der Waals surface area contributed by atoms with Crippen molar-refractivity contribution in [1.82, 2.24) is 9.97 Å². The fourth-order valence-corrected chi connectivity index (χ4v) is 2.52. The Kier molecular flexibility index (Phi) is 2.40. The first-order valence-electron chi connectivity index (χ1n) is 5.84. The van der Waals surface area contributed by atoms with Crippen molar-refractivity contribution >= 4 is 16.6 Å². The van der Waals surface area contributed by atoms with Crippen LogP contribution in [0.5, 0.6) is 0 Å². The maximum Gasteiger partial charge on any atom is 0.272 e. The summed E-state index contributed by atoms with van der Waals surface area (Å²) in [7, 11) is 0. The molecule has 2 aromatic heterocycles. The molecule has 17 heavy (non-hydrogen) atoms. The molecule has 0 saturated carbocycles. The summed E-state index contributed by atoms with van der Waals surface area (Å²) in [5, 5.41) is 10.1. The van der Waals surface area contributed by atoms with Gasteiger partial charge in [-0.3, -0.25) is 4.79 Å². The van der Waals surface area contributed by atoms with Gasteiger partial charge in [0.05, 0.1) is 5.69 Å². The minimum atomic E-state index is -0.0911. The number of aliphatic hydroxyl groups excluding tert-OH is 1. The third kappa shape index (κ3) is 1.63. The van der Waals surface area contributed by atoms with E-state index in [1.54, 1.807) is 6.20 Å². The topological polar surface area (TPSA) is 72.1 Å². The number of aliphatic hydroxyl groups is 1. The minimum absolute atomic E-state index is 0.0911. The zero-order chi connectivity index (χ0) is 11.8. The van der Waals surface area contributed by atoms with Gasteiger partial charge in [0.1, 0.15) is 5.52 Å². The van der Waals surface area contributed by atoms with E-state index in [0.717, 1.165) is 30.6 Å². The number of hydrogen-bond donors (Lipinski definition) is 3. The summed E-state index contributed by atoms with van der Waals surface area (Å²) < 4.78 is 0. The molecule has 0 aromatic carbocycles. The Labute approximate surface area is 98.1 Å². The van der Waals surface area contributed by atoms with Crippen LogP contribution in [0.2, 0.25) is 0 Å². The zero-order valence-corrected chi connectivity index (χ0v) is 9.44. The monoisotopic (exact) mass is 233 g/mol. The highest BCUT2D eigenvalue weighted by Gasteiger charge is 2.23. The van der Waals surface area contributed by atoms with Gasteiger partial charge < -0.3 is 20.0 Å². The minimum Gasteiger partial charge on any atom is -0.396 e. The third-order valence-electron chi connectivity index (χ3n) is 3.47. The van der Waals surface area contributed by atoms with Crippen LogP contribution in [0.15, 0.2) is 23.3 Å². The molecule has 1 saturated heterocycles. The molecule has 3 N–H and O–H groups in total. The normalized spacial score (nSPS) is 20.3. The van der Waals surface area contributed by atoms with Crippen molar-refractivity contribution in [2.45, 2.75) is 6.42 Å². The second kappa shape index (κ2) is 3.92. The molecule has 0 unspecified atom stereocenters. The highest BCUT2D eigenvalue weighted by Crippen LogP contribution is 2.29. The van der Waals surface area contributed by atoms with Crippen LogP contribution < -0.4 is 10.5 Å². The van der Waals surface area contributed by atoms with E-state index in [-0.39, 0.29) is 12.2 Å². The molecule has 5 nitrogen and oxygen atoms in total. The lowest BCUT2D eigenvalue weighted by Gasteiger charge is -2.16. The number of pyridine rings is 1. The first-order chi connectivity index (χ1) is 8.29. The van der Waals surface area contributed by atoms with Gasteiger partial charge in [0, 0.05) is 43.4 Å². The van der Waals surface area contributed by atoms with E-state index in [2.05, 4.69) is 14.9 Å². The molecule has 0 aliphatic carbocycles. The van der Waals surface area contributed by atoms with Crippen LogP contribution >= 0.6 is 0 Å².